The van der Waals surface area contributed by atoms with Gasteiger partial charge in [0.05, 0.1) is 16.6 Å². The number of hydrogen-bond donors (Lipinski definition) is 3. The van der Waals surface area contributed by atoms with Gasteiger partial charge in [-0.25, -0.2) is 0 Å². The van der Waals surface area contributed by atoms with Gasteiger partial charge in [-0.15, -0.1) is 11.3 Å². The van der Waals surface area contributed by atoms with E-state index in [1.54, 1.807) is 17.5 Å². The van der Waals surface area contributed by atoms with E-state index < -0.39 is 0 Å². The maximum Gasteiger partial charge on any atom is 0.261 e. The number of aromatic nitrogens is 2. The molecule has 6 nitrogen and oxygen atoms in total. The van der Waals surface area contributed by atoms with E-state index in [0.29, 0.717) is 23.9 Å². The summed E-state index contributed by atoms with van der Waals surface area (Å²) in [7, 11) is 0. The zero-order chi connectivity index (χ0) is 22.0. The molecule has 2 heterocycles. The zero-order valence-electron chi connectivity index (χ0n) is 18.3. The first-order chi connectivity index (χ1) is 14.9. The van der Waals surface area contributed by atoms with Crippen molar-refractivity contribution in [2.24, 2.45) is 5.92 Å². The molecule has 0 saturated heterocycles. The lowest BCUT2D eigenvalue weighted by atomic mass is 9.77. The van der Waals surface area contributed by atoms with Crippen LogP contribution < -0.4 is 10.6 Å². The molecule has 1 fully saturated rings. The van der Waals surface area contributed by atoms with Crippen molar-refractivity contribution in [2.75, 3.05) is 6.54 Å². The number of rotatable bonds is 6. The molecule has 2 aromatic heterocycles. The first-order valence-electron chi connectivity index (χ1n) is 11.0. The van der Waals surface area contributed by atoms with Crippen molar-refractivity contribution in [2.45, 2.75) is 58.4 Å². The van der Waals surface area contributed by atoms with Crippen molar-refractivity contribution < 1.29 is 9.59 Å². The lowest BCUT2D eigenvalue weighted by Gasteiger charge is -2.29. The molecule has 31 heavy (non-hydrogen) atoms. The summed E-state index contributed by atoms with van der Waals surface area (Å²) in [5, 5.41) is 14.1. The minimum Gasteiger partial charge on any atom is -0.352 e. The molecule has 3 aromatic rings. The number of aromatic amines is 1. The Morgan fingerprint density at radius 3 is 2.58 bits per heavy atom. The quantitative estimate of drug-likeness (QED) is 0.518. The normalized spacial score (nSPS) is 19.0. The number of carbonyl (C=O) groups excluding carboxylic acids is 2. The van der Waals surface area contributed by atoms with E-state index in [9.17, 15) is 9.59 Å². The molecular weight excluding hydrogens is 408 g/mol. The number of amides is 2. The van der Waals surface area contributed by atoms with Gasteiger partial charge in [0.15, 0.2) is 0 Å². The highest BCUT2D eigenvalue weighted by Gasteiger charge is 2.29. The van der Waals surface area contributed by atoms with Crippen molar-refractivity contribution in [1.29, 1.82) is 0 Å². The van der Waals surface area contributed by atoms with Crippen molar-refractivity contribution in [3.05, 3.63) is 52.2 Å². The van der Waals surface area contributed by atoms with Crippen LogP contribution >= 0.6 is 11.3 Å². The fraction of sp³-hybridized carbons (Fsp3) is 0.458. The molecule has 0 aliphatic heterocycles. The number of aryl methyl sites for hydroxylation is 1. The Kier molecular flexibility index (Phi) is 6.41. The molecule has 0 atom stereocenters. The van der Waals surface area contributed by atoms with E-state index in [1.165, 1.54) is 15.6 Å². The van der Waals surface area contributed by atoms with E-state index in [4.69, 9.17) is 0 Å². The van der Waals surface area contributed by atoms with Crippen LogP contribution in [0.4, 0.5) is 0 Å². The first kappa shape index (κ1) is 21.6. The van der Waals surface area contributed by atoms with Gasteiger partial charge >= 0.3 is 0 Å². The largest absolute Gasteiger partial charge is 0.352 e. The second-order valence-corrected chi connectivity index (χ2v) is 9.86. The maximum absolute atomic E-state index is 12.9. The van der Waals surface area contributed by atoms with Crippen LogP contribution in [0.2, 0.25) is 0 Å². The lowest BCUT2D eigenvalue weighted by Crippen LogP contribution is -2.32. The Morgan fingerprint density at radius 2 is 1.90 bits per heavy atom. The van der Waals surface area contributed by atoms with Crippen LogP contribution in [0.1, 0.15) is 76.7 Å². The Bertz CT molecular complexity index is 1080. The van der Waals surface area contributed by atoms with Crippen LogP contribution in [0.5, 0.6) is 0 Å². The van der Waals surface area contributed by atoms with Gasteiger partial charge in [-0.2, -0.15) is 5.10 Å². The number of fused-ring (bicyclic) bond motifs is 1. The molecule has 4 rings (SSSR count). The average Bonchev–Trinajstić information content (AvgIpc) is 3.35. The van der Waals surface area contributed by atoms with E-state index in [0.717, 1.165) is 36.3 Å². The smallest absolute Gasteiger partial charge is 0.261 e. The number of hydrogen-bond acceptors (Lipinski definition) is 4. The molecule has 0 spiro atoms. The van der Waals surface area contributed by atoms with Gasteiger partial charge in [-0.05, 0) is 75.3 Å². The van der Waals surface area contributed by atoms with E-state index in [1.807, 2.05) is 26.8 Å². The van der Waals surface area contributed by atoms with Crippen LogP contribution in [0.3, 0.4) is 0 Å². The molecule has 1 aromatic carbocycles. The molecule has 1 aliphatic carbocycles. The molecule has 0 bridgehead atoms. The highest BCUT2D eigenvalue weighted by molar-refractivity contribution is 7.21. The summed E-state index contributed by atoms with van der Waals surface area (Å²) >= 11 is 1.60. The average molecular weight is 439 g/mol. The predicted octanol–water partition coefficient (Wildman–Crippen LogP) is 4.77. The van der Waals surface area contributed by atoms with Gasteiger partial charge in [0.2, 0.25) is 0 Å². The highest BCUT2D eigenvalue weighted by Crippen LogP contribution is 2.43. The number of H-pyrrole nitrogens is 1. The molecule has 0 radical (unpaired) electrons. The van der Waals surface area contributed by atoms with Gasteiger partial charge < -0.3 is 10.6 Å². The number of nitrogens with zero attached hydrogens (tertiary/aromatic N) is 1. The van der Waals surface area contributed by atoms with Gasteiger partial charge in [0.1, 0.15) is 0 Å². The fourth-order valence-corrected chi connectivity index (χ4v) is 5.73. The van der Waals surface area contributed by atoms with E-state index >= 15 is 0 Å². The predicted molar refractivity (Wildman–Crippen MR) is 125 cm³/mol. The molecule has 7 heteroatoms. The molecule has 2 amide bonds. The first-order valence-corrected chi connectivity index (χ1v) is 11.9. The Balaban J connectivity index is 1.44. The third-order valence-electron chi connectivity index (χ3n) is 6.14. The van der Waals surface area contributed by atoms with Gasteiger partial charge in [-0.1, -0.05) is 18.2 Å². The number of benzene rings is 1. The SMILES string of the molecule is Cc1[nH]ncc1C(=O)NCC1CCC(c2c(C(=O)NC(C)C)sc3ccccc23)CC1. The summed E-state index contributed by atoms with van der Waals surface area (Å²) in [6.45, 7) is 6.53. The molecular formula is C24H30N4O2S. The molecule has 3 N–H and O–H groups in total. The van der Waals surface area contributed by atoms with Gasteiger partial charge in [-0.3, -0.25) is 14.7 Å². The molecule has 0 unspecified atom stereocenters. The Morgan fingerprint density at radius 1 is 1.16 bits per heavy atom. The van der Waals surface area contributed by atoms with Crippen molar-refractivity contribution in [1.82, 2.24) is 20.8 Å². The Hall–Kier alpha value is -2.67. The summed E-state index contributed by atoms with van der Waals surface area (Å²) < 4.78 is 1.18. The maximum atomic E-state index is 12.9. The highest BCUT2D eigenvalue weighted by atomic mass is 32.1. The van der Waals surface area contributed by atoms with Crippen LogP contribution in [-0.4, -0.2) is 34.6 Å². The third-order valence-corrected chi connectivity index (χ3v) is 7.33. The van der Waals surface area contributed by atoms with Crippen molar-refractivity contribution >= 4 is 33.2 Å². The summed E-state index contributed by atoms with van der Waals surface area (Å²) in [4.78, 5) is 26.1. The topological polar surface area (TPSA) is 86.9 Å². The molecule has 164 valence electrons. The molecule has 1 aliphatic rings. The van der Waals surface area contributed by atoms with Crippen LogP contribution in [0.25, 0.3) is 10.1 Å². The third kappa shape index (κ3) is 4.66. The summed E-state index contributed by atoms with van der Waals surface area (Å²) in [6.07, 6.45) is 5.74. The summed E-state index contributed by atoms with van der Waals surface area (Å²) in [5.74, 6) is 0.818. The van der Waals surface area contributed by atoms with Crippen LogP contribution in [0, 0.1) is 12.8 Å². The Labute approximate surface area is 186 Å². The minimum absolute atomic E-state index is 0.0380. The lowest BCUT2D eigenvalue weighted by molar-refractivity contribution is 0.0932. The number of nitrogens with one attached hydrogen (secondary N) is 3. The minimum atomic E-state index is -0.0650. The second kappa shape index (κ2) is 9.22. The monoisotopic (exact) mass is 438 g/mol. The van der Waals surface area contributed by atoms with Crippen LogP contribution in [-0.2, 0) is 0 Å². The molecule has 1 saturated carbocycles. The summed E-state index contributed by atoms with van der Waals surface area (Å²) in [5.41, 5.74) is 2.62. The van der Waals surface area contributed by atoms with Crippen molar-refractivity contribution in [3.63, 3.8) is 0 Å². The number of thiophene rings is 1. The standard InChI is InChI=1S/C24H30N4O2S/c1-14(2)27-24(30)22-21(18-6-4-5-7-20(18)31-22)17-10-8-16(9-11-17)12-25-23(29)19-13-26-28-15(19)3/h4-7,13-14,16-17H,8-12H2,1-3H3,(H,25,29)(H,26,28)(H,27,30). The van der Waals surface area contributed by atoms with Gasteiger partial charge in [0, 0.05) is 23.0 Å². The van der Waals surface area contributed by atoms with E-state index in [2.05, 4.69) is 39.0 Å². The van der Waals surface area contributed by atoms with Crippen LogP contribution in [0.15, 0.2) is 30.5 Å². The number of carbonyl (C=O) groups is 2. The zero-order valence-corrected chi connectivity index (χ0v) is 19.1. The summed E-state index contributed by atoms with van der Waals surface area (Å²) in [6, 6.07) is 8.46. The second-order valence-electron chi connectivity index (χ2n) is 8.81. The van der Waals surface area contributed by atoms with Gasteiger partial charge in [0.25, 0.3) is 11.8 Å². The fourth-order valence-electron chi connectivity index (χ4n) is 4.53. The van der Waals surface area contributed by atoms with E-state index in [-0.39, 0.29) is 17.9 Å². The van der Waals surface area contributed by atoms with Crippen molar-refractivity contribution in [3.8, 4) is 0 Å².